The summed E-state index contributed by atoms with van der Waals surface area (Å²) < 4.78 is 36.6. The molecule has 2 atom stereocenters. The van der Waals surface area contributed by atoms with E-state index in [4.69, 9.17) is 5.73 Å². The van der Waals surface area contributed by atoms with Crippen LogP contribution >= 0.6 is 22.6 Å². The molecule has 18 heavy (non-hydrogen) atoms. The summed E-state index contributed by atoms with van der Waals surface area (Å²) in [4.78, 5) is 7.09. The Morgan fingerprint density at radius 3 is 2.56 bits per heavy atom. The first kappa shape index (κ1) is 13.8. The van der Waals surface area contributed by atoms with Crippen molar-refractivity contribution in [1.82, 2.24) is 9.97 Å². The molecule has 0 spiro atoms. The molecular formula is C10H12F3IN4. The second kappa shape index (κ2) is 4.80. The van der Waals surface area contributed by atoms with Gasteiger partial charge >= 0.3 is 6.18 Å². The average Bonchev–Trinajstić information content (AvgIpc) is 2.58. The number of alkyl halides is 4. The minimum atomic E-state index is -4.46. The third kappa shape index (κ3) is 2.85. The van der Waals surface area contributed by atoms with Crippen LogP contribution in [0.25, 0.3) is 0 Å². The lowest BCUT2D eigenvalue weighted by Gasteiger charge is -2.28. The van der Waals surface area contributed by atoms with Gasteiger partial charge in [0.25, 0.3) is 0 Å². The van der Waals surface area contributed by atoms with Crippen molar-refractivity contribution in [3.8, 4) is 0 Å². The predicted octanol–water partition coefficient (Wildman–Crippen LogP) is 2.55. The molecule has 3 N–H and O–H groups in total. The zero-order chi connectivity index (χ0) is 13.4. The Labute approximate surface area is 116 Å². The molecule has 1 saturated carbocycles. The molecule has 0 saturated heterocycles. The quantitative estimate of drug-likeness (QED) is 0.476. The van der Waals surface area contributed by atoms with Gasteiger partial charge in [-0.05, 0) is 19.3 Å². The lowest BCUT2D eigenvalue weighted by molar-refractivity contribution is -0.141. The number of nitrogens with two attached hydrogens (primary N) is 1. The number of aromatic nitrogens is 2. The van der Waals surface area contributed by atoms with Crippen molar-refractivity contribution in [2.24, 2.45) is 5.73 Å². The third-order valence-electron chi connectivity index (χ3n) is 2.92. The minimum absolute atomic E-state index is 0.0396. The maximum atomic E-state index is 12.3. The second-order valence-electron chi connectivity index (χ2n) is 4.27. The molecule has 2 rings (SSSR count). The highest BCUT2D eigenvalue weighted by Crippen LogP contribution is 2.37. The van der Waals surface area contributed by atoms with E-state index in [9.17, 15) is 13.2 Å². The Morgan fingerprint density at radius 1 is 1.39 bits per heavy atom. The second-order valence-corrected chi connectivity index (χ2v) is 6.20. The molecule has 1 aromatic rings. The Morgan fingerprint density at radius 2 is 2.11 bits per heavy atom. The van der Waals surface area contributed by atoms with E-state index in [1.807, 2.05) is 0 Å². The molecule has 4 nitrogen and oxygen atoms in total. The van der Waals surface area contributed by atoms with Gasteiger partial charge in [0.05, 0.1) is 12.4 Å². The maximum Gasteiger partial charge on any atom is 0.434 e. The van der Waals surface area contributed by atoms with Crippen LogP contribution in [-0.2, 0) is 6.18 Å². The molecule has 100 valence electrons. The van der Waals surface area contributed by atoms with Crippen LogP contribution in [0.15, 0.2) is 12.4 Å². The summed E-state index contributed by atoms with van der Waals surface area (Å²) in [5.74, 6) is 0.315. The van der Waals surface area contributed by atoms with E-state index in [1.54, 1.807) is 0 Å². The van der Waals surface area contributed by atoms with E-state index >= 15 is 0 Å². The van der Waals surface area contributed by atoms with Crippen molar-refractivity contribution in [1.29, 1.82) is 0 Å². The molecule has 1 aliphatic rings. The highest BCUT2D eigenvalue weighted by molar-refractivity contribution is 14.1. The molecule has 8 heteroatoms. The molecule has 1 aliphatic carbocycles. The summed E-state index contributed by atoms with van der Waals surface area (Å²) in [6.45, 7) is 0. The standard InChI is InChI=1S/C10H12F3IN4/c11-10(12,13)7-4-17-8(5-16-7)18-9(14)3-1-2-6(9)15/h4-6H,1-3,15H2,(H,17,18). The highest BCUT2D eigenvalue weighted by atomic mass is 127. The topological polar surface area (TPSA) is 63.8 Å². The first-order valence-corrected chi connectivity index (χ1v) is 6.51. The Bertz CT molecular complexity index is 422. The molecule has 0 amide bonds. The van der Waals surface area contributed by atoms with Gasteiger partial charge in [-0.1, -0.05) is 22.6 Å². The van der Waals surface area contributed by atoms with Gasteiger partial charge < -0.3 is 11.1 Å². The third-order valence-corrected chi connectivity index (χ3v) is 4.53. The van der Waals surface area contributed by atoms with Crippen LogP contribution in [0.3, 0.4) is 0 Å². The van der Waals surface area contributed by atoms with Crippen LogP contribution in [0.5, 0.6) is 0 Å². The van der Waals surface area contributed by atoms with Crippen LogP contribution in [0.4, 0.5) is 19.0 Å². The van der Waals surface area contributed by atoms with Crippen molar-refractivity contribution in [3.63, 3.8) is 0 Å². The van der Waals surface area contributed by atoms with Crippen molar-refractivity contribution < 1.29 is 13.2 Å². The van der Waals surface area contributed by atoms with E-state index in [0.29, 0.717) is 5.82 Å². The van der Waals surface area contributed by atoms with Crippen molar-refractivity contribution in [3.05, 3.63) is 18.1 Å². The van der Waals surface area contributed by atoms with Gasteiger partial charge in [0.15, 0.2) is 5.69 Å². The largest absolute Gasteiger partial charge is 0.434 e. The summed E-state index contributed by atoms with van der Waals surface area (Å²) in [5, 5.41) is 3.07. The normalized spacial score (nSPS) is 28.4. The number of halogens is 4. The minimum Gasteiger partial charge on any atom is -0.353 e. The van der Waals surface area contributed by atoms with Gasteiger partial charge in [-0.15, -0.1) is 0 Å². The lowest BCUT2D eigenvalue weighted by Crippen LogP contribution is -2.44. The first-order chi connectivity index (χ1) is 8.31. The molecular weight excluding hydrogens is 360 g/mol. The predicted molar refractivity (Wildman–Crippen MR) is 69.2 cm³/mol. The lowest BCUT2D eigenvalue weighted by atomic mass is 10.2. The van der Waals surface area contributed by atoms with Crippen molar-refractivity contribution >= 4 is 28.4 Å². The monoisotopic (exact) mass is 372 g/mol. The molecule has 1 heterocycles. The van der Waals surface area contributed by atoms with Crippen LogP contribution in [-0.4, -0.2) is 19.6 Å². The maximum absolute atomic E-state index is 12.3. The number of anilines is 1. The van der Waals surface area contributed by atoms with Gasteiger partial charge in [0.2, 0.25) is 0 Å². The zero-order valence-electron chi connectivity index (χ0n) is 9.34. The first-order valence-electron chi connectivity index (χ1n) is 5.43. The molecule has 0 radical (unpaired) electrons. The Kier molecular flexibility index (Phi) is 3.67. The van der Waals surface area contributed by atoms with E-state index in [-0.39, 0.29) is 9.59 Å². The fourth-order valence-corrected chi connectivity index (χ4v) is 2.87. The number of nitrogens with one attached hydrogen (secondary N) is 1. The molecule has 1 aromatic heterocycles. The van der Waals surface area contributed by atoms with E-state index < -0.39 is 11.9 Å². The number of hydrogen-bond donors (Lipinski definition) is 2. The molecule has 0 bridgehead atoms. The molecule has 1 fully saturated rings. The van der Waals surface area contributed by atoms with Crippen LogP contribution in [0.1, 0.15) is 25.0 Å². The van der Waals surface area contributed by atoms with Gasteiger partial charge in [-0.2, -0.15) is 13.2 Å². The number of hydrogen-bond acceptors (Lipinski definition) is 4. The molecule has 0 aromatic carbocycles. The summed E-state index contributed by atoms with van der Waals surface area (Å²) >= 11 is 2.19. The van der Waals surface area contributed by atoms with Gasteiger partial charge in [0, 0.05) is 6.04 Å². The van der Waals surface area contributed by atoms with Gasteiger partial charge in [-0.3, -0.25) is 0 Å². The fraction of sp³-hybridized carbons (Fsp3) is 0.600. The van der Waals surface area contributed by atoms with Crippen LogP contribution in [0.2, 0.25) is 0 Å². The van der Waals surface area contributed by atoms with Crippen LogP contribution in [0, 0.1) is 0 Å². The zero-order valence-corrected chi connectivity index (χ0v) is 11.5. The van der Waals surface area contributed by atoms with Gasteiger partial charge in [0.1, 0.15) is 9.36 Å². The smallest absolute Gasteiger partial charge is 0.353 e. The SMILES string of the molecule is NC1CCCC1(I)Nc1cnc(C(F)(F)F)cn1. The summed E-state index contributed by atoms with van der Waals surface area (Å²) in [7, 11) is 0. The highest BCUT2D eigenvalue weighted by Gasteiger charge is 2.39. The molecule has 0 aliphatic heterocycles. The van der Waals surface area contributed by atoms with Gasteiger partial charge in [-0.25, -0.2) is 9.97 Å². The van der Waals surface area contributed by atoms with Crippen molar-refractivity contribution in [2.45, 2.75) is 35.0 Å². The van der Waals surface area contributed by atoms with Crippen molar-refractivity contribution in [2.75, 3.05) is 5.32 Å². The van der Waals surface area contributed by atoms with E-state index in [0.717, 1.165) is 31.7 Å². The van der Waals surface area contributed by atoms with Crippen LogP contribution < -0.4 is 11.1 Å². The summed E-state index contributed by atoms with van der Waals surface area (Å²) in [6.07, 6.45) is 0.0982. The summed E-state index contributed by atoms with van der Waals surface area (Å²) in [5.41, 5.74) is 4.97. The Hall–Kier alpha value is -0.640. The number of nitrogens with zero attached hydrogens (tertiary/aromatic N) is 2. The molecule has 2 unspecified atom stereocenters. The average molecular weight is 372 g/mol. The van der Waals surface area contributed by atoms with E-state index in [2.05, 4.69) is 37.9 Å². The van der Waals surface area contributed by atoms with E-state index in [1.165, 1.54) is 0 Å². The Balaban J connectivity index is 2.11. The fourth-order valence-electron chi connectivity index (χ4n) is 1.90. The summed E-state index contributed by atoms with van der Waals surface area (Å²) in [6, 6.07) is -0.0396. The number of rotatable bonds is 2.